The molecule has 0 bridgehead atoms. The zero-order valence-corrected chi connectivity index (χ0v) is 19.2. The Kier molecular flexibility index (Phi) is 7.65. The van der Waals surface area contributed by atoms with E-state index in [1.165, 1.54) is 11.3 Å². The zero-order valence-electron chi connectivity index (χ0n) is 19.2. The number of amides is 2. The second kappa shape index (κ2) is 10.8. The van der Waals surface area contributed by atoms with E-state index in [4.69, 9.17) is 9.47 Å². The van der Waals surface area contributed by atoms with Crippen molar-refractivity contribution in [3.8, 4) is 5.75 Å². The van der Waals surface area contributed by atoms with Gasteiger partial charge in [0, 0.05) is 49.0 Å². The van der Waals surface area contributed by atoms with Crippen LogP contribution in [0.5, 0.6) is 5.75 Å². The highest BCUT2D eigenvalue weighted by Crippen LogP contribution is 2.26. The Morgan fingerprint density at radius 1 is 1.12 bits per heavy atom. The number of nitrogens with one attached hydrogen (secondary N) is 2. The molecule has 8 nitrogen and oxygen atoms in total. The predicted octanol–water partition coefficient (Wildman–Crippen LogP) is 3.06. The highest BCUT2D eigenvalue weighted by atomic mass is 16.5. The number of hydrogen-bond acceptors (Lipinski definition) is 5. The van der Waals surface area contributed by atoms with E-state index >= 15 is 0 Å². The van der Waals surface area contributed by atoms with Crippen molar-refractivity contribution in [3.05, 3.63) is 30.0 Å². The molecule has 2 heterocycles. The minimum absolute atomic E-state index is 0.0529. The molecule has 2 aromatic rings. The first-order valence-corrected chi connectivity index (χ1v) is 11.9. The smallest absolute Gasteiger partial charge is 0.295 e. The van der Waals surface area contributed by atoms with Crippen molar-refractivity contribution >= 4 is 28.5 Å². The first-order valence-electron chi connectivity index (χ1n) is 11.9. The van der Waals surface area contributed by atoms with Crippen LogP contribution in [-0.2, 0) is 14.3 Å². The van der Waals surface area contributed by atoms with Crippen molar-refractivity contribution in [2.75, 3.05) is 33.4 Å². The number of methoxy groups -OCH3 is 1. The molecule has 0 spiro atoms. The topological polar surface area (TPSA) is 101 Å². The Morgan fingerprint density at radius 2 is 1.88 bits per heavy atom. The summed E-state index contributed by atoms with van der Waals surface area (Å²) in [5.41, 5.74) is 1.04. The second-order valence-corrected chi connectivity index (χ2v) is 9.09. The number of aromatic nitrogens is 1. The molecule has 1 aromatic carbocycles. The van der Waals surface area contributed by atoms with Gasteiger partial charge in [0.1, 0.15) is 5.75 Å². The molecule has 0 radical (unpaired) electrons. The molecular weight excluding hydrogens is 422 g/mol. The van der Waals surface area contributed by atoms with Gasteiger partial charge in [-0.2, -0.15) is 0 Å². The number of fused-ring (bicyclic) bond motifs is 1. The first-order chi connectivity index (χ1) is 16.0. The number of ketones is 1. The lowest BCUT2D eigenvalue weighted by molar-refractivity contribution is -0.133. The van der Waals surface area contributed by atoms with Gasteiger partial charge in [-0.1, -0.05) is 19.3 Å². The van der Waals surface area contributed by atoms with Gasteiger partial charge in [-0.25, -0.2) is 0 Å². The highest BCUT2D eigenvalue weighted by Gasteiger charge is 2.30. The van der Waals surface area contributed by atoms with E-state index in [-0.39, 0.29) is 18.5 Å². The molecular formula is C25H33N3O5. The number of carbonyl (C=O) groups excluding carboxylic acids is 3. The molecule has 33 heavy (non-hydrogen) atoms. The number of hydrogen-bond donors (Lipinski definition) is 2. The van der Waals surface area contributed by atoms with Crippen molar-refractivity contribution in [3.63, 3.8) is 0 Å². The Hall–Kier alpha value is -2.87. The minimum Gasteiger partial charge on any atom is -0.497 e. The van der Waals surface area contributed by atoms with Crippen LogP contribution in [-0.4, -0.2) is 66.9 Å². The van der Waals surface area contributed by atoms with Gasteiger partial charge in [0.2, 0.25) is 5.91 Å². The number of ether oxygens (including phenoxy) is 2. The number of carbonyl (C=O) groups is 3. The van der Waals surface area contributed by atoms with Gasteiger partial charge in [-0.3, -0.25) is 14.4 Å². The molecule has 2 fully saturated rings. The fourth-order valence-electron chi connectivity index (χ4n) is 4.87. The SMILES string of the molecule is COc1ccc2c(C(=O)C(=O)N(CC(=O)NC3CCOCC3)CC3CCCCC3)c[nH]c2c1. The lowest BCUT2D eigenvalue weighted by Crippen LogP contribution is -2.48. The van der Waals surface area contributed by atoms with E-state index in [0.717, 1.165) is 44.0 Å². The molecule has 1 saturated carbocycles. The summed E-state index contributed by atoms with van der Waals surface area (Å²) in [6, 6.07) is 5.38. The number of rotatable bonds is 8. The van der Waals surface area contributed by atoms with Crippen LogP contribution in [0.4, 0.5) is 0 Å². The maximum Gasteiger partial charge on any atom is 0.295 e. The first kappa shape index (κ1) is 23.3. The normalized spacial score (nSPS) is 17.6. The molecule has 0 unspecified atom stereocenters. The molecule has 1 aliphatic heterocycles. The minimum atomic E-state index is -0.626. The predicted molar refractivity (Wildman–Crippen MR) is 124 cm³/mol. The van der Waals surface area contributed by atoms with E-state index < -0.39 is 11.7 Å². The summed E-state index contributed by atoms with van der Waals surface area (Å²) >= 11 is 0. The Morgan fingerprint density at radius 3 is 2.61 bits per heavy atom. The number of nitrogens with zero attached hydrogens (tertiary/aromatic N) is 1. The zero-order chi connectivity index (χ0) is 23.2. The van der Waals surface area contributed by atoms with Crippen LogP contribution < -0.4 is 10.1 Å². The number of H-pyrrole nitrogens is 1. The largest absolute Gasteiger partial charge is 0.497 e. The Bertz CT molecular complexity index is 989. The third-order valence-electron chi connectivity index (χ3n) is 6.74. The van der Waals surface area contributed by atoms with Crippen molar-refractivity contribution in [2.45, 2.75) is 51.0 Å². The van der Waals surface area contributed by atoms with Crippen molar-refractivity contribution in [1.82, 2.24) is 15.2 Å². The van der Waals surface area contributed by atoms with E-state index in [1.807, 2.05) is 0 Å². The van der Waals surface area contributed by atoms with Gasteiger partial charge in [0.15, 0.2) is 0 Å². The van der Waals surface area contributed by atoms with E-state index in [0.29, 0.717) is 42.4 Å². The van der Waals surface area contributed by atoms with Crippen LogP contribution in [0.1, 0.15) is 55.3 Å². The van der Waals surface area contributed by atoms with E-state index in [2.05, 4.69) is 10.3 Å². The van der Waals surface area contributed by atoms with Gasteiger partial charge in [0.05, 0.1) is 19.2 Å². The summed E-state index contributed by atoms with van der Waals surface area (Å²) in [7, 11) is 1.58. The monoisotopic (exact) mass is 455 g/mol. The van der Waals surface area contributed by atoms with Crippen LogP contribution in [0.15, 0.2) is 24.4 Å². The molecule has 2 N–H and O–H groups in total. The molecule has 1 aromatic heterocycles. The maximum atomic E-state index is 13.3. The third kappa shape index (κ3) is 5.74. The summed E-state index contributed by atoms with van der Waals surface area (Å²) in [6.45, 7) is 1.58. The third-order valence-corrected chi connectivity index (χ3v) is 6.74. The van der Waals surface area contributed by atoms with Crippen molar-refractivity contribution in [1.29, 1.82) is 0 Å². The van der Waals surface area contributed by atoms with Gasteiger partial charge in [-0.15, -0.1) is 0 Å². The maximum absolute atomic E-state index is 13.3. The van der Waals surface area contributed by atoms with Gasteiger partial charge < -0.3 is 24.7 Å². The molecule has 8 heteroatoms. The van der Waals surface area contributed by atoms with Gasteiger partial charge >= 0.3 is 0 Å². The number of Topliss-reactive ketones (excluding diaryl/α,β-unsaturated/α-hetero) is 1. The molecule has 0 atom stereocenters. The van der Waals surface area contributed by atoms with Crippen LogP contribution in [0, 0.1) is 5.92 Å². The average molecular weight is 456 g/mol. The summed E-state index contributed by atoms with van der Waals surface area (Å²) in [5, 5.41) is 3.68. The van der Waals surface area contributed by atoms with Crippen molar-refractivity contribution < 1.29 is 23.9 Å². The number of benzene rings is 1. The lowest BCUT2D eigenvalue weighted by Gasteiger charge is -2.30. The fraction of sp³-hybridized carbons (Fsp3) is 0.560. The van der Waals surface area contributed by atoms with Gasteiger partial charge in [-0.05, 0) is 43.7 Å². The molecule has 178 valence electrons. The molecule has 1 aliphatic carbocycles. The average Bonchev–Trinajstić information content (AvgIpc) is 3.27. The van der Waals surface area contributed by atoms with Crippen LogP contribution in [0.25, 0.3) is 10.9 Å². The van der Waals surface area contributed by atoms with Crippen LogP contribution in [0.3, 0.4) is 0 Å². The second-order valence-electron chi connectivity index (χ2n) is 9.09. The fourth-order valence-corrected chi connectivity index (χ4v) is 4.87. The quantitative estimate of drug-likeness (QED) is 0.471. The Balaban J connectivity index is 1.50. The molecule has 2 aliphatic rings. The molecule has 1 saturated heterocycles. The van der Waals surface area contributed by atoms with Crippen LogP contribution in [0.2, 0.25) is 0 Å². The summed E-state index contributed by atoms with van der Waals surface area (Å²) < 4.78 is 10.6. The Labute approximate surface area is 194 Å². The number of aromatic amines is 1. The van der Waals surface area contributed by atoms with Crippen molar-refractivity contribution in [2.24, 2.45) is 5.92 Å². The molecule has 4 rings (SSSR count). The van der Waals surface area contributed by atoms with E-state index in [9.17, 15) is 14.4 Å². The summed E-state index contributed by atoms with van der Waals surface area (Å²) in [6.07, 6.45) is 8.58. The summed E-state index contributed by atoms with van der Waals surface area (Å²) in [4.78, 5) is 43.9. The molecule has 2 amide bonds. The standard InChI is InChI=1S/C25H33N3O5/c1-32-19-7-8-20-21(14-26-22(20)13-19)24(30)25(31)28(15-17-5-3-2-4-6-17)16-23(29)27-18-9-11-33-12-10-18/h7-8,13-14,17-18,26H,2-6,9-12,15-16H2,1H3,(H,27,29). The van der Waals surface area contributed by atoms with Gasteiger partial charge in [0.25, 0.3) is 11.7 Å². The summed E-state index contributed by atoms with van der Waals surface area (Å²) in [5.74, 6) is -0.458. The highest BCUT2D eigenvalue weighted by molar-refractivity contribution is 6.45. The lowest BCUT2D eigenvalue weighted by atomic mass is 9.89. The van der Waals surface area contributed by atoms with Crippen LogP contribution >= 0.6 is 0 Å². The van der Waals surface area contributed by atoms with E-state index in [1.54, 1.807) is 31.5 Å².